The highest BCUT2D eigenvalue weighted by Gasteiger charge is 2.39. The molecule has 8 heteroatoms. The Kier molecular flexibility index (Phi) is 4.39. The Bertz CT molecular complexity index is 954. The van der Waals surface area contributed by atoms with Crippen molar-refractivity contribution in [3.05, 3.63) is 60.2 Å². The van der Waals surface area contributed by atoms with E-state index in [1.165, 1.54) is 6.33 Å². The average Bonchev–Trinajstić information content (AvgIpc) is 3.07. The summed E-state index contributed by atoms with van der Waals surface area (Å²) in [5.74, 6) is 3.33. The predicted octanol–water partition coefficient (Wildman–Crippen LogP) is 2.73. The van der Waals surface area contributed by atoms with Crippen LogP contribution in [0.2, 0.25) is 0 Å². The van der Waals surface area contributed by atoms with Crippen LogP contribution in [0, 0.1) is 11.8 Å². The van der Waals surface area contributed by atoms with Gasteiger partial charge in [-0.25, -0.2) is 9.97 Å². The number of halogens is 3. The Hall–Kier alpha value is -3.34. The fourth-order valence-corrected chi connectivity index (χ4v) is 2.17. The van der Waals surface area contributed by atoms with Gasteiger partial charge in [-0.1, -0.05) is 36.3 Å². The summed E-state index contributed by atoms with van der Waals surface area (Å²) in [7, 11) is 0. The second kappa shape index (κ2) is 6.65. The van der Waals surface area contributed by atoms with Gasteiger partial charge < -0.3 is 10.3 Å². The van der Waals surface area contributed by atoms with Crippen molar-refractivity contribution in [1.82, 2.24) is 20.3 Å². The lowest BCUT2D eigenvalue weighted by atomic mass is 10.1. The van der Waals surface area contributed by atoms with Crippen molar-refractivity contribution in [3.8, 4) is 11.8 Å². The zero-order valence-electron chi connectivity index (χ0n) is 12.6. The maximum Gasteiger partial charge on any atom is 0.471 e. The lowest BCUT2D eigenvalue weighted by molar-refractivity contribution is -0.174. The van der Waals surface area contributed by atoms with E-state index in [0.717, 1.165) is 0 Å². The third kappa shape index (κ3) is 3.77. The number of H-pyrrole nitrogens is 1. The minimum atomic E-state index is -4.99. The molecule has 0 radical (unpaired) electrons. The fourth-order valence-electron chi connectivity index (χ4n) is 2.17. The zero-order valence-corrected chi connectivity index (χ0v) is 12.6. The highest BCUT2D eigenvalue weighted by atomic mass is 19.4. The average molecular weight is 344 g/mol. The first-order valence-electron chi connectivity index (χ1n) is 7.17. The molecule has 126 valence electrons. The van der Waals surface area contributed by atoms with Gasteiger partial charge in [-0.2, -0.15) is 13.2 Å². The predicted molar refractivity (Wildman–Crippen MR) is 84.1 cm³/mol. The van der Waals surface area contributed by atoms with Gasteiger partial charge in [0.15, 0.2) is 0 Å². The molecule has 3 rings (SSSR count). The molecule has 5 nitrogen and oxygen atoms in total. The van der Waals surface area contributed by atoms with Gasteiger partial charge in [-0.15, -0.1) is 0 Å². The van der Waals surface area contributed by atoms with Gasteiger partial charge in [0.1, 0.15) is 23.7 Å². The SMILES string of the molecule is O=C(NC(C#Cc1ncnc2[nH]ccc12)c1ccccc1)C(F)(F)F. The van der Waals surface area contributed by atoms with E-state index in [9.17, 15) is 18.0 Å². The van der Waals surface area contributed by atoms with E-state index in [1.807, 2.05) is 5.32 Å². The van der Waals surface area contributed by atoms with Crippen LogP contribution in [0.15, 0.2) is 48.9 Å². The van der Waals surface area contributed by atoms with E-state index in [4.69, 9.17) is 0 Å². The highest BCUT2D eigenvalue weighted by molar-refractivity contribution is 5.83. The first-order chi connectivity index (χ1) is 11.9. The van der Waals surface area contributed by atoms with Crippen molar-refractivity contribution in [3.63, 3.8) is 0 Å². The molecule has 0 aliphatic carbocycles. The maximum absolute atomic E-state index is 12.6. The molecule has 1 aromatic carbocycles. The zero-order chi connectivity index (χ0) is 17.9. The third-order valence-corrected chi connectivity index (χ3v) is 3.35. The maximum atomic E-state index is 12.6. The third-order valence-electron chi connectivity index (χ3n) is 3.35. The topological polar surface area (TPSA) is 70.7 Å². The lowest BCUT2D eigenvalue weighted by Gasteiger charge is -2.14. The number of hydrogen-bond donors (Lipinski definition) is 2. The number of fused-ring (bicyclic) bond motifs is 1. The van der Waals surface area contributed by atoms with Crippen molar-refractivity contribution in [2.75, 3.05) is 0 Å². The van der Waals surface area contributed by atoms with Crippen molar-refractivity contribution in [1.29, 1.82) is 0 Å². The second-order valence-corrected chi connectivity index (χ2v) is 5.05. The molecule has 3 aromatic rings. The number of alkyl halides is 3. The van der Waals surface area contributed by atoms with Crippen molar-refractivity contribution < 1.29 is 18.0 Å². The summed E-state index contributed by atoms with van der Waals surface area (Å²) in [6, 6.07) is 8.78. The van der Waals surface area contributed by atoms with Gasteiger partial charge in [-0.05, 0) is 17.6 Å². The van der Waals surface area contributed by atoms with Crippen LogP contribution in [0.25, 0.3) is 11.0 Å². The number of carbonyl (C=O) groups is 1. The summed E-state index contributed by atoms with van der Waals surface area (Å²) >= 11 is 0. The first kappa shape index (κ1) is 16.5. The van der Waals surface area contributed by atoms with Crippen molar-refractivity contribution in [2.45, 2.75) is 12.2 Å². The van der Waals surface area contributed by atoms with Gasteiger partial charge in [0.25, 0.3) is 0 Å². The summed E-state index contributed by atoms with van der Waals surface area (Å²) in [5, 5.41) is 2.54. The molecular formula is C17H11F3N4O. The molecular weight excluding hydrogens is 333 g/mol. The monoisotopic (exact) mass is 344 g/mol. The van der Waals surface area contributed by atoms with Gasteiger partial charge in [0.2, 0.25) is 0 Å². The number of nitrogens with zero attached hydrogens (tertiary/aromatic N) is 2. The number of amides is 1. The Morgan fingerprint density at radius 3 is 2.64 bits per heavy atom. The Morgan fingerprint density at radius 1 is 1.16 bits per heavy atom. The molecule has 0 spiro atoms. The summed E-state index contributed by atoms with van der Waals surface area (Å²) in [4.78, 5) is 22.2. The van der Waals surface area contributed by atoms with E-state index < -0.39 is 18.1 Å². The van der Waals surface area contributed by atoms with Crippen molar-refractivity contribution >= 4 is 16.9 Å². The molecule has 1 atom stereocenters. The summed E-state index contributed by atoms with van der Waals surface area (Å²) in [5.41, 5.74) is 1.36. The van der Waals surface area contributed by atoms with Gasteiger partial charge in [0.05, 0.1) is 5.39 Å². The fraction of sp³-hybridized carbons (Fsp3) is 0.118. The first-order valence-corrected chi connectivity index (χ1v) is 7.17. The van der Waals surface area contributed by atoms with Crippen LogP contribution in [0.1, 0.15) is 17.3 Å². The highest BCUT2D eigenvalue weighted by Crippen LogP contribution is 2.19. The number of carbonyl (C=O) groups excluding carboxylic acids is 1. The molecule has 0 fully saturated rings. The summed E-state index contributed by atoms with van der Waals surface area (Å²) in [6.07, 6.45) is -2.03. The number of aromatic amines is 1. The Labute approximate surface area is 140 Å². The number of aromatic nitrogens is 3. The Balaban J connectivity index is 1.96. The van der Waals surface area contributed by atoms with Crippen LogP contribution in [0.4, 0.5) is 13.2 Å². The molecule has 0 aliphatic rings. The van der Waals surface area contributed by atoms with E-state index in [2.05, 4.69) is 26.8 Å². The molecule has 0 saturated heterocycles. The van der Waals surface area contributed by atoms with E-state index in [1.54, 1.807) is 42.6 Å². The quantitative estimate of drug-likeness (QED) is 0.702. The molecule has 0 aliphatic heterocycles. The molecule has 0 saturated carbocycles. The molecule has 2 N–H and O–H groups in total. The largest absolute Gasteiger partial charge is 0.471 e. The van der Waals surface area contributed by atoms with Gasteiger partial charge >= 0.3 is 12.1 Å². The number of rotatable bonds is 2. The van der Waals surface area contributed by atoms with Gasteiger partial charge in [-0.3, -0.25) is 4.79 Å². The second-order valence-electron chi connectivity index (χ2n) is 5.05. The van der Waals surface area contributed by atoms with Crippen molar-refractivity contribution in [2.24, 2.45) is 0 Å². The molecule has 0 bridgehead atoms. The molecule has 2 aromatic heterocycles. The van der Waals surface area contributed by atoms with Crippen LogP contribution in [-0.4, -0.2) is 27.0 Å². The van der Waals surface area contributed by atoms with Crippen LogP contribution in [0.3, 0.4) is 0 Å². The molecule has 1 unspecified atom stereocenters. The van der Waals surface area contributed by atoms with Crippen LogP contribution in [0.5, 0.6) is 0 Å². The van der Waals surface area contributed by atoms with E-state index in [-0.39, 0.29) is 0 Å². The number of hydrogen-bond acceptors (Lipinski definition) is 3. The molecule has 25 heavy (non-hydrogen) atoms. The van der Waals surface area contributed by atoms with Crippen LogP contribution < -0.4 is 5.32 Å². The number of benzene rings is 1. The smallest absolute Gasteiger partial charge is 0.346 e. The number of nitrogens with one attached hydrogen (secondary N) is 2. The Morgan fingerprint density at radius 2 is 1.92 bits per heavy atom. The molecule has 1 amide bonds. The summed E-state index contributed by atoms with van der Waals surface area (Å²) in [6.45, 7) is 0. The van der Waals surface area contributed by atoms with Crippen LogP contribution >= 0.6 is 0 Å². The van der Waals surface area contributed by atoms with E-state index in [0.29, 0.717) is 22.3 Å². The summed E-state index contributed by atoms with van der Waals surface area (Å²) < 4.78 is 37.7. The van der Waals surface area contributed by atoms with Gasteiger partial charge in [0, 0.05) is 6.20 Å². The van der Waals surface area contributed by atoms with Crippen LogP contribution in [-0.2, 0) is 4.79 Å². The lowest BCUT2D eigenvalue weighted by Crippen LogP contribution is -2.38. The minimum Gasteiger partial charge on any atom is -0.346 e. The molecule has 2 heterocycles. The van der Waals surface area contributed by atoms with E-state index >= 15 is 0 Å². The normalized spacial score (nSPS) is 12.3. The minimum absolute atomic E-state index is 0.355. The standard InChI is InChI=1S/C17H11F3N4O/c18-17(19,20)16(25)24-13(11-4-2-1-3-5-11)6-7-14-12-8-9-21-15(12)23-10-22-14/h1-5,8-10,13H,(H,24,25)(H,21,22,23).